The van der Waals surface area contributed by atoms with Crippen molar-refractivity contribution in [3.8, 4) is 0 Å². The largest absolute Gasteiger partial charge is 0.480 e. The van der Waals surface area contributed by atoms with Crippen LogP contribution in [0.15, 0.2) is 12.2 Å². The van der Waals surface area contributed by atoms with Crippen molar-refractivity contribution < 1.29 is 14.7 Å². The summed E-state index contributed by atoms with van der Waals surface area (Å²) in [6.45, 7) is 2.90. The van der Waals surface area contributed by atoms with Crippen molar-refractivity contribution >= 4 is 11.9 Å². The van der Waals surface area contributed by atoms with Crippen LogP contribution in [0.1, 0.15) is 110 Å². The summed E-state index contributed by atoms with van der Waals surface area (Å²) in [7, 11) is 3.57. The Balaban J connectivity index is 3.40. The van der Waals surface area contributed by atoms with Gasteiger partial charge >= 0.3 is 5.97 Å². The number of amides is 1. The molecular formula is C25H48N2O3. The first kappa shape index (κ1) is 28.6. The second-order valence-electron chi connectivity index (χ2n) is 8.64. The van der Waals surface area contributed by atoms with Crippen LogP contribution in [0.2, 0.25) is 0 Å². The molecule has 30 heavy (non-hydrogen) atoms. The Kier molecular flexibility index (Phi) is 19.9. The quantitative estimate of drug-likeness (QED) is 0.177. The fourth-order valence-corrected chi connectivity index (χ4v) is 3.56. The van der Waals surface area contributed by atoms with E-state index in [1.165, 1.54) is 64.2 Å². The summed E-state index contributed by atoms with van der Waals surface area (Å²) >= 11 is 0. The lowest BCUT2D eigenvalue weighted by Crippen LogP contribution is -2.35. The Morgan fingerprint density at radius 3 is 1.97 bits per heavy atom. The molecule has 0 aliphatic heterocycles. The highest BCUT2D eigenvalue weighted by atomic mass is 16.4. The number of allylic oxidation sites excluding steroid dienone is 2. The van der Waals surface area contributed by atoms with Gasteiger partial charge in [0, 0.05) is 13.0 Å². The second kappa shape index (κ2) is 20.9. The number of nitrogens with zero attached hydrogens (tertiary/aromatic N) is 1. The number of carboxylic acids is 1. The predicted molar refractivity (Wildman–Crippen MR) is 127 cm³/mol. The van der Waals surface area contributed by atoms with Crippen molar-refractivity contribution in [1.82, 2.24) is 10.2 Å². The first-order valence-corrected chi connectivity index (χ1v) is 12.3. The molecule has 176 valence electrons. The van der Waals surface area contributed by atoms with Crippen LogP contribution in [-0.4, -0.2) is 48.6 Å². The first-order valence-electron chi connectivity index (χ1n) is 12.3. The fraction of sp³-hybridized carbons (Fsp3) is 0.840. The van der Waals surface area contributed by atoms with Gasteiger partial charge in [-0.1, -0.05) is 64.0 Å². The summed E-state index contributed by atoms with van der Waals surface area (Å²) in [6, 6.07) is -0.438. The van der Waals surface area contributed by atoms with Gasteiger partial charge in [-0.2, -0.15) is 0 Å². The van der Waals surface area contributed by atoms with Crippen LogP contribution in [-0.2, 0) is 9.59 Å². The molecule has 0 saturated carbocycles. The van der Waals surface area contributed by atoms with Crippen LogP contribution in [0.25, 0.3) is 0 Å². The predicted octanol–water partition coefficient (Wildman–Crippen LogP) is 5.94. The van der Waals surface area contributed by atoms with Crippen molar-refractivity contribution in [3.05, 3.63) is 12.2 Å². The zero-order valence-electron chi connectivity index (χ0n) is 20.0. The van der Waals surface area contributed by atoms with E-state index in [0.29, 0.717) is 19.4 Å². The first-order chi connectivity index (χ1) is 14.5. The fourth-order valence-electron chi connectivity index (χ4n) is 3.56. The molecule has 0 spiro atoms. The standard InChI is InChI=1S/C25H48N2O3/c1-4-5-6-7-8-9-10-11-12-13-14-15-16-17-21-24(28)26-22-19-18-20-23(25(29)30)27(2)3/h10-11,23H,4-9,12-22H2,1-3H3,(H,26,28)(H,29,30)/b11-10+/t23-/m0/s1. The lowest BCUT2D eigenvalue weighted by atomic mass is 10.1. The number of unbranched alkanes of at least 4 members (excludes halogenated alkanes) is 11. The summed E-state index contributed by atoms with van der Waals surface area (Å²) in [5.41, 5.74) is 0. The number of hydrogen-bond donors (Lipinski definition) is 2. The van der Waals surface area contributed by atoms with Crippen molar-refractivity contribution in [2.24, 2.45) is 0 Å². The van der Waals surface area contributed by atoms with Crippen molar-refractivity contribution in [2.45, 2.75) is 116 Å². The molecule has 0 bridgehead atoms. The van der Waals surface area contributed by atoms with Gasteiger partial charge in [0.15, 0.2) is 0 Å². The number of carbonyl (C=O) groups is 2. The number of carboxylic acid groups (broad SMARTS) is 1. The average molecular weight is 425 g/mol. The normalized spacial score (nSPS) is 12.5. The van der Waals surface area contributed by atoms with E-state index in [1.807, 2.05) is 0 Å². The molecule has 0 rings (SSSR count). The van der Waals surface area contributed by atoms with E-state index in [-0.39, 0.29) is 5.91 Å². The minimum Gasteiger partial charge on any atom is -0.480 e. The van der Waals surface area contributed by atoms with Crippen LogP contribution >= 0.6 is 0 Å². The number of rotatable bonds is 21. The SMILES string of the molecule is CCCCCCC/C=C/CCCCCCCC(=O)NCCCC[C@@H](C(=O)O)N(C)C. The molecule has 2 N–H and O–H groups in total. The van der Waals surface area contributed by atoms with E-state index in [9.17, 15) is 9.59 Å². The molecule has 0 aromatic heterocycles. The van der Waals surface area contributed by atoms with Crippen molar-refractivity contribution in [1.29, 1.82) is 0 Å². The summed E-state index contributed by atoms with van der Waals surface area (Å²) in [4.78, 5) is 24.7. The van der Waals surface area contributed by atoms with E-state index in [0.717, 1.165) is 25.7 Å². The maximum atomic E-state index is 11.9. The van der Waals surface area contributed by atoms with Gasteiger partial charge in [-0.05, 0) is 65.5 Å². The third-order valence-corrected chi connectivity index (χ3v) is 5.55. The Morgan fingerprint density at radius 2 is 1.40 bits per heavy atom. The zero-order valence-corrected chi connectivity index (χ0v) is 20.0. The maximum absolute atomic E-state index is 11.9. The van der Waals surface area contributed by atoms with E-state index in [2.05, 4.69) is 24.4 Å². The Morgan fingerprint density at radius 1 is 0.833 bits per heavy atom. The van der Waals surface area contributed by atoms with Crippen molar-refractivity contribution in [2.75, 3.05) is 20.6 Å². The molecule has 1 amide bonds. The van der Waals surface area contributed by atoms with Gasteiger partial charge in [-0.3, -0.25) is 14.5 Å². The van der Waals surface area contributed by atoms with Gasteiger partial charge in [0.2, 0.25) is 5.91 Å². The minimum atomic E-state index is -0.780. The summed E-state index contributed by atoms with van der Waals surface area (Å²) in [5.74, 6) is -0.655. The number of hydrogen-bond acceptors (Lipinski definition) is 3. The van der Waals surface area contributed by atoms with Gasteiger partial charge in [-0.25, -0.2) is 0 Å². The lowest BCUT2D eigenvalue weighted by Gasteiger charge is -2.19. The summed E-state index contributed by atoms with van der Waals surface area (Å²) in [5, 5.41) is 12.1. The summed E-state index contributed by atoms with van der Waals surface area (Å²) in [6.07, 6.45) is 22.5. The molecule has 0 fully saturated rings. The third kappa shape index (κ3) is 18.7. The summed E-state index contributed by atoms with van der Waals surface area (Å²) < 4.78 is 0. The molecule has 0 radical (unpaired) electrons. The molecular weight excluding hydrogens is 376 g/mol. The maximum Gasteiger partial charge on any atom is 0.320 e. The Bertz CT molecular complexity index is 450. The monoisotopic (exact) mass is 424 g/mol. The number of nitrogens with one attached hydrogen (secondary N) is 1. The highest BCUT2D eigenvalue weighted by Gasteiger charge is 2.18. The van der Waals surface area contributed by atoms with Crippen LogP contribution < -0.4 is 5.32 Å². The topological polar surface area (TPSA) is 69.6 Å². The lowest BCUT2D eigenvalue weighted by molar-refractivity contribution is -0.142. The van der Waals surface area contributed by atoms with Gasteiger partial charge < -0.3 is 10.4 Å². The molecule has 5 heteroatoms. The van der Waals surface area contributed by atoms with Gasteiger partial charge in [0.05, 0.1) is 0 Å². The molecule has 0 aromatic rings. The zero-order chi connectivity index (χ0) is 22.5. The number of carbonyl (C=O) groups excluding carboxylic acids is 1. The third-order valence-electron chi connectivity index (χ3n) is 5.55. The van der Waals surface area contributed by atoms with E-state index in [4.69, 9.17) is 5.11 Å². The number of aliphatic carboxylic acids is 1. The van der Waals surface area contributed by atoms with Crippen LogP contribution in [0.4, 0.5) is 0 Å². The second-order valence-corrected chi connectivity index (χ2v) is 8.64. The molecule has 0 aliphatic rings. The molecule has 0 saturated heterocycles. The van der Waals surface area contributed by atoms with E-state index < -0.39 is 12.0 Å². The van der Waals surface area contributed by atoms with E-state index in [1.54, 1.807) is 19.0 Å². The van der Waals surface area contributed by atoms with Gasteiger partial charge in [0.1, 0.15) is 6.04 Å². The highest BCUT2D eigenvalue weighted by molar-refractivity contribution is 5.75. The molecule has 0 unspecified atom stereocenters. The van der Waals surface area contributed by atoms with Crippen molar-refractivity contribution in [3.63, 3.8) is 0 Å². The van der Waals surface area contributed by atoms with E-state index >= 15 is 0 Å². The average Bonchev–Trinajstić information content (AvgIpc) is 2.70. The molecule has 0 aliphatic carbocycles. The molecule has 1 atom stereocenters. The molecule has 0 aromatic carbocycles. The Hall–Kier alpha value is -1.36. The van der Waals surface area contributed by atoms with Gasteiger partial charge in [0.25, 0.3) is 0 Å². The molecule has 5 nitrogen and oxygen atoms in total. The number of likely N-dealkylation sites (N-methyl/N-ethyl adjacent to an activating group) is 1. The van der Waals surface area contributed by atoms with Gasteiger partial charge in [-0.15, -0.1) is 0 Å². The Labute approximate surface area is 185 Å². The highest BCUT2D eigenvalue weighted by Crippen LogP contribution is 2.10. The smallest absolute Gasteiger partial charge is 0.320 e. The van der Waals surface area contributed by atoms with Crippen LogP contribution in [0, 0.1) is 0 Å². The van der Waals surface area contributed by atoms with Crippen LogP contribution in [0.5, 0.6) is 0 Å². The van der Waals surface area contributed by atoms with Crippen LogP contribution in [0.3, 0.4) is 0 Å². The molecule has 0 heterocycles. The minimum absolute atomic E-state index is 0.124.